The zero-order chi connectivity index (χ0) is 22.8. The summed E-state index contributed by atoms with van der Waals surface area (Å²) in [7, 11) is 0.928. The highest BCUT2D eigenvalue weighted by Crippen LogP contribution is 2.40. The molecule has 1 N–H and O–H groups in total. The van der Waals surface area contributed by atoms with Crippen molar-refractivity contribution in [2.45, 2.75) is 45.9 Å². The lowest BCUT2D eigenvalue weighted by molar-refractivity contribution is -0.170. The van der Waals surface area contributed by atoms with Crippen LogP contribution < -0.4 is 4.90 Å². The number of nitrogens with zero attached hydrogens (tertiary/aromatic N) is 1. The van der Waals surface area contributed by atoms with E-state index >= 15 is 0 Å². The minimum atomic E-state index is -5.16. The number of carbonyl (C=O) groups excluding carboxylic acids is 2. The number of halogens is 3. The number of fused-ring (bicyclic) bond motifs is 1. The normalized spacial score (nSPS) is 13.5. The third-order valence-electron chi connectivity index (χ3n) is 4.92. The molecule has 0 spiro atoms. The van der Waals surface area contributed by atoms with Gasteiger partial charge in [-0.3, -0.25) is 9.59 Å². The fraction of sp³-hybridized carbons (Fsp3) is 0.381. The molecule has 0 bridgehead atoms. The van der Waals surface area contributed by atoms with Gasteiger partial charge in [-0.2, -0.15) is 13.2 Å². The second-order valence-corrected chi connectivity index (χ2v) is 6.91. The molecule has 0 aliphatic carbocycles. The average molecular weight is 423 g/mol. The van der Waals surface area contributed by atoms with Crippen molar-refractivity contribution in [2.75, 3.05) is 11.9 Å². The number of carboxylic acid groups (broad SMARTS) is 1. The fourth-order valence-electron chi connectivity index (χ4n) is 3.33. The van der Waals surface area contributed by atoms with Crippen LogP contribution in [0.4, 0.5) is 18.9 Å². The number of cyclic esters (lactones) is 1. The van der Waals surface area contributed by atoms with Gasteiger partial charge in [-0.1, -0.05) is 17.6 Å². The van der Waals surface area contributed by atoms with Crippen molar-refractivity contribution in [3.05, 3.63) is 39.5 Å². The van der Waals surface area contributed by atoms with Gasteiger partial charge in [0.15, 0.2) is 0 Å². The van der Waals surface area contributed by atoms with Gasteiger partial charge in [0.25, 0.3) is 0 Å². The summed E-state index contributed by atoms with van der Waals surface area (Å²) in [6, 6.07) is 0. The van der Waals surface area contributed by atoms with E-state index in [2.05, 4.69) is 5.92 Å². The first-order chi connectivity index (χ1) is 13.9. The number of benzene rings is 1. The molecular formula is C21H20F3NO5. The van der Waals surface area contributed by atoms with Gasteiger partial charge in [0, 0.05) is 24.6 Å². The zero-order valence-electron chi connectivity index (χ0n) is 16.6. The molecule has 0 saturated carbocycles. The topological polar surface area (TPSA) is 83.9 Å². The van der Waals surface area contributed by atoms with Crippen LogP contribution in [-0.4, -0.2) is 36.2 Å². The number of hydrogen-bond acceptors (Lipinski definition) is 4. The minimum Gasteiger partial charge on any atom is -0.481 e. The van der Waals surface area contributed by atoms with E-state index in [1.54, 1.807) is 19.9 Å². The molecule has 1 aromatic carbocycles. The van der Waals surface area contributed by atoms with Crippen LogP contribution in [0.5, 0.6) is 0 Å². The first kappa shape index (κ1) is 23.0. The molecule has 9 heteroatoms. The molecule has 30 heavy (non-hydrogen) atoms. The summed E-state index contributed by atoms with van der Waals surface area (Å²) in [5.74, 6) is -1.52. The predicted octanol–water partition coefficient (Wildman–Crippen LogP) is 3.53. The van der Waals surface area contributed by atoms with Crippen molar-refractivity contribution < 1.29 is 37.4 Å². The van der Waals surface area contributed by atoms with Gasteiger partial charge in [0.1, 0.15) is 6.61 Å². The third kappa shape index (κ3) is 4.48. The maximum atomic E-state index is 13.1. The molecule has 0 atom stereocenters. The number of hydrogen-bond donors (Lipinski definition) is 1. The Labute approximate surface area is 171 Å². The number of aliphatic carboxylic acids is 1. The lowest BCUT2D eigenvalue weighted by Crippen LogP contribution is -2.40. The summed E-state index contributed by atoms with van der Waals surface area (Å²) >= 11 is 0. The standard InChI is InChI=1S/C21H20F3NO5/c1-5-13-12(3)15-10-30-19(28)17(15)18(25(4)20(29)21(22,23)24)14(13)8-6-11(2)7-9-16(26)27/h1,6H,7-10H2,2-4H3,(H,26,27). The van der Waals surface area contributed by atoms with Gasteiger partial charge in [-0.25, -0.2) is 4.79 Å². The molecule has 1 aliphatic rings. The van der Waals surface area contributed by atoms with Crippen molar-refractivity contribution in [3.63, 3.8) is 0 Å². The van der Waals surface area contributed by atoms with E-state index < -0.39 is 24.0 Å². The van der Waals surface area contributed by atoms with Crippen LogP contribution in [0.2, 0.25) is 0 Å². The third-order valence-corrected chi connectivity index (χ3v) is 4.92. The number of allylic oxidation sites excluding steroid dienone is 2. The van der Waals surface area contributed by atoms with Gasteiger partial charge in [-0.05, 0) is 37.8 Å². The Morgan fingerprint density at radius 3 is 2.50 bits per heavy atom. The molecule has 0 fully saturated rings. The summed E-state index contributed by atoms with van der Waals surface area (Å²) in [6.45, 7) is 3.16. The van der Waals surface area contributed by atoms with Crippen molar-refractivity contribution in [2.24, 2.45) is 0 Å². The van der Waals surface area contributed by atoms with E-state index in [0.717, 1.165) is 7.05 Å². The molecule has 2 rings (SSSR count). The Kier molecular flexibility index (Phi) is 6.60. The number of terminal acetylenes is 1. The van der Waals surface area contributed by atoms with Crippen molar-refractivity contribution in [1.29, 1.82) is 0 Å². The molecule has 1 aromatic rings. The summed E-state index contributed by atoms with van der Waals surface area (Å²) in [4.78, 5) is 35.4. The molecule has 1 heterocycles. The maximum absolute atomic E-state index is 13.1. The van der Waals surface area contributed by atoms with Crippen molar-refractivity contribution in [3.8, 4) is 12.3 Å². The smallest absolute Gasteiger partial charge is 0.471 e. The van der Waals surface area contributed by atoms with E-state index in [0.29, 0.717) is 21.6 Å². The molecule has 1 amide bonds. The van der Waals surface area contributed by atoms with Crippen LogP contribution in [0.1, 0.15) is 52.4 Å². The minimum absolute atomic E-state index is 0.0111. The van der Waals surface area contributed by atoms with E-state index in [1.165, 1.54) is 0 Å². The van der Waals surface area contributed by atoms with Crippen LogP contribution in [0.15, 0.2) is 11.6 Å². The van der Waals surface area contributed by atoms with E-state index in [4.69, 9.17) is 16.3 Å². The maximum Gasteiger partial charge on any atom is 0.471 e. The number of rotatable bonds is 6. The van der Waals surface area contributed by atoms with Crippen LogP contribution in [0.3, 0.4) is 0 Å². The SMILES string of the molecule is C#Cc1c(C)c2c(c(N(C)C(=O)C(F)(F)F)c1CC=C(C)CCC(=O)O)C(=O)OC2. The van der Waals surface area contributed by atoms with E-state index in [-0.39, 0.29) is 48.2 Å². The van der Waals surface area contributed by atoms with Gasteiger partial charge >= 0.3 is 24.0 Å². The molecular weight excluding hydrogens is 403 g/mol. The van der Waals surface area contributed by atoms with E-state index in [1.807, 2.05) is 0 Å². The Morgan fingerprint density at radius 1 is 1.33 bits per heavy atom. The number of alkyl halides is 3. The summed E-state index contributed by atoms with van der Waals surface area (Å²) in [6.07, 6.45) is 2.22. The first-order valence-electron chi connectivity index (χ1n) is 8.94. The second-order valence-electron chi connectivity index (χ2n) is 6.91. The summed E-state index contributed by atoms with van der Waals surface area (Å²) in [5.41, 5.74) is 1.65. The Morgan fingerprint density at radius 2 is 1.97 bits per heavy atom. The van der Waals surface area contributed by atoms with Crippen LogP contribution in [0.25, 0.3) is 0 Å². The number of carboxylic acids is 1. The quantitative estimate of drug-likeness (QED) is 0.430. The highest BCUT2D eigenvalue weighted by molar-refractivity contribution is 6.07. The number of ether oxygens (including phenoxy) is 1. The highest BCUT2D eigenvalue weighted by atomic mass is 19.4. The molecule has 0 saturated heterocycles. The Balaban J connectivity index is 2.69. The first-order valence-corrected chi connectivity index (χ1v) is 8.94. The van der Waals surface area contributed by atoms with Crippen molar-refractivity contribution >= 4 is 23.5 Å². The average Bonchev–Trinajstić information content (AvgIpc) is 3.04. The fourth-order valence-corrected chi connectivity index (χ4v) is 3.33. The lowest BCUT2D eigenvalue weighted by atomic mass is 9.89. The van der Waals surface area contributed by atoms with Crippen LogP contribution >= 0.6 is 0 Å². The van der Waals surface area contributed by atoms with Gasteiger partial charge < -0.3 is 14.7 Å². The number of amides is 1. The van der Waals surface area contributed by atoms with Crippen LogP contribution in [0, 0.1) is 19.3 Å². The Hall–Kier alpha value is -3.28. The lowest BCUT2D eigenvalue weighted by Gasteiger charge is -2.25. The summed E-state index contributed by atoms with van der Waals surface area (Å²) in [5, 5.41) is 8.80. The van der Waals surface area contributed by atoms with Gasteiger partial charge in [-0.15, -0.1) is 6.42 Å². The zero-order valence-corrected chi connectivity index (χ0v) is 16.6. The summed E-state index contributed by atoms with van der Waals surface area (Å²) < 4.78 is 44.3. The van der Waals surface area contributed by atoms with Gasteiger partial charge in [0.2, 0.25) is 0 Å². The monoisotopic (exact) mass is 423 g/mol. The number of anilines is 1. The van der Waals surface area contributed by atoms with Crippen molar-refractivity contribution in [1.82, 2.24) is 0 Å². The molecule has 160 valence electrons. The molecule has 0 radical (unpaired) electrons. The number of carbonyl (C=O) groups is 3. The highest BCUT2D eigenvalue weighted by Gasteiger charge is 2.44. The molecule has 0 unspecified atom stereocenters. The Bertz CT molecular complexity index is 986. The number of esters is 1. The van der Waals surface area contributed by atoms with E-state index in [9.17, 15) is 27.6 Å². The van der Waals surface area contributed by atoms with Crippen LogP contribution in [-0.2, 0) is 27.4 Å². The molecule has 6 nitrogen and oxygen atoms in total. The molecule has 0 aromatic heterocycles. The largest absolute Gasteiger partial charge is 0.481 e. The molecule has 1 aliphatic heterocycles. The second kappa shape index (κ2) is 8.61. The van der Waals surface area contributed by atoms with Gasteiger partial charge in [0.05, 0.1) is 11.3 Å². The predicted molar refractivity (Wildman–Crippen MR) is 102 cm³/mol.